The summed E-state index contributed by atoms with van der Waals surface area (Å²) in [5.74, 6) is -1.94. The van der Waals surface area contributed by atoms with Gasteiger partial charge >= 0.3 is 12.1 Å². The lowest BCUT2D eigenvalue weighted by atomic mass is 9.99. The monoisotopic (exact) mass is 706 g/mol. The fraction of sp³-hybridized carbons (Fsp3) is 0.297. The minimum absolute atomic E-state index is 0.0117. The molecule has 0 N–H and O–H groups in total. The van der Waals surface area contributed by atoms with Crippen molar-refractivity contribution in [2.45, 2.75) is 32.2 Å². The highest BCUT2D eigenvalue weighted by Gasteiger charge is 2.39. The molecular formula is C37H34F4N4O6. The number of pyridine rings is 2. The van der Waals surface area contributed by atoms with Gasteiger partial charge in [0, 0.05) is 44.3 Å². The van der Waals surface area contributed by atoms with Gasteiger partial charge in [-0.15, -0.1) is 0 Å². The molecule has 1 saturated heterocycles. The Hall–Kier alpha value is -5.66. The van der Waals surface area contributed by atoms with Gasteiger partial charge in [-0.25, -0.2) is 9.18 Å². The number of piperazine rings is 1. The number of nitrogens with zero attached hydrogens (tertiary/aromatic N) is 4. The van der Waals surface area contributed by atoms with Crippen molar-refractivity contribution in [3.05, 3.63) is 106 Å². The quantitative estimate of drug-likeness (QED) is 0.0996. The smallest absolute Gasteiger partial charge is 0.397 e. The standard InChI is InChI=1S/C37H34F4N4O6/c1-4-50-36(48)25-19-43(2)29-18-42-27-16-26(38)28(15-24(27)34(29)35(25)47)44-12-13-45(33(46)17-37(39,40)41)30(20-44)23-10-11-31(32(14-23)49-3)51-21-22-8-6-5-7-9-22/h5-11,14-16,18-19,30H,4,12-13,17,20-21H2,1-3H3. The number of rotatable bonds is 9. The van der Waals surface area contributed by atoms with Crippen LogP contribution >= 0.6 is 0 Å². The van der Waals surface area contributed by atoms with E-state index in [0.717, 1.165) is 10.5 Å². The van der Waals surface area contributed by atoms with E-state index in [4.69, 9.17) is 14.2 Å². The summed E-state index contributed by atoms with van der Waals surface area (Å²) < 4.78 is 74.4. The van der Waals surface area contributed by atoms with Gasteiger partial charge in [0.1, 0.15) is 24.4 Å². The maximum Gasteiger partial charge on any atom is 0.397 e. The van der Waals surface area contributed by atoms with Gasteiger partial charge in [-0.05, 0) is 36.2 Å². The molecule has 6 rings (SSSR count). The zero-order valence-corrected chi connectivity index (χ0v) is 28.0. The van der Waals surface area contributed by atoms with Crippen molar-refractivity contribution in [2.24, 2.45) is 7.05 Å². The summed E-state index contributed by atoms with van der Waals surface area (Å²) in [7, 11) is 3.06. The van der Waals surface area contributed by atoms with Gasteiger partial charge in [0.25, 0.3) is 0 Å². The number of alkyl halides is 3. The molecule has 1 aliphatic rings. The lowest BCUT2D eigenvalue weighted by Gasteiger charge is -2.43. The third-order valence-electron chi connectivity index (χ3n) is 8.79. The lowest BCUT2D eigenvalue weighted by molar-refractivity contribution is -0.163. The molecule has 0 saturated carbocycles. The summed E-state index contributed by atoms with van der Waals surface area (Å²) in [4.78, 5) is 46.5. The number of aromatic nitrogens is 2. The van der Waals surface area contributed by atoms with Crippen LogP contribution in [0.3, 0.4) is 0 Å². The van der Waals surface area contributed by atoms with Crippen molar-refractivity contribution in [1.82, 2.24) is 14.5 Å². The van der Waals surface area contributed by atoms with Crippen LogP contribution in [0.1, 0.15) is 40.9 Å². The van der Waals surface area contributed by atoms with Gasteiger partial charge in [0.15, 0.2) is 11.5 Å². The van der Waals surface area contributed by atoms with Crippen molar-refractivity contribution < 1.29 is 41.4 Å². The minimum Gasteiger partial charge on any atom is -0.493 e. The van der Waals surface area contributed by atoms with E-state index in [-0.39, 0.29) is 60.4 Å². The number of ether oxygens (including phenoxy) is 3. The second kappa shape index (κ2) is 14.3. The molecule has 14 heteroatoms. The van der Waals surface area contributed by atoms with Crippen molar-refractivity contribution >= 4 is 39.4 Å². The van der Waals surface area contributed by atoms with Crippen molar-refractivity contribution in [2.75, 3.05) is 38.3 Å². The lowest BCUT2D eigenvalue weighted by Crippen LogP contribution is -2.51. The molecule has 10 nitrogen and oxygen atoms in total. The fourth-order valence-electron chi connectivity index (χ4n) is 6.36. The maximum atomic E-state index is 15.9. The van der Waals surface area contributed by atoms with E-state index < -0.39 is 41.8 Å². The molecule has 51 heavy (non-hydrogen) atoms. The number of halogens is 4. The number of benzene rings is 3. The number of aryl methyl sites for hydroxylation is 1. The van der Waals surface area contributed by atoms with Gasteiger partial charge in [0.2, 0.25) is 11.3 Å². The SMILES string of the molecule is CCOC(=O)c1cn(C)c2cnc3cc(F)c(N4CCN(C(=O)CC(F)(F)F)C(c5ccc(OCc6ccccc6)c(OC)c5)C4)cc3c2c1=O. The minimum atomic E-state index is -4.74. The molecule has 0 bridgehead atoms. The molecule has 266 valence electrons. The summed E-state index contributed by atoms with van der Waals surface area (Å²) in [5.41, 5.74) is 1.13. The third kappa shape index (κ3) is 7.30. The molecule has 3 heterocycles. The molecule has 1 atom stereocenters. The Bertz CT molecular complexity index is 2170. The van der Waals surface area contributed by atoms with Crippen molar-refractivity contribution in [1.29, 1.82) is 0 Å². The zero-order valence-electron chi connectivity index (χ0n) is 28.0. The van der Waals surface area contributed by atoms with E-state index >= 15 is 4.39 Å². The first-order valence-electron chi connectivity index (χ1n) is 16.1. The molecule has 0 aliphatic carbocycles. The number of fused-ring (bicyclic) bond motifs is 3. The Morgan fingerprint density at radius 2 is 1.78 bits per heavy atom. The second-order valence-electron chi connectivity index (χ2n) is 12.1. The van der Waals surface area contributed by atoms with Gasteiger partial charge in [-0.1, -0.05) is 36.4 Å². The second-order valence-corrected chi connectivity index (χ2v) is 12.1. The summed E-state index contributed by atoms with van der Waals surface area (Å²) in [5, 5.41) is 0.394. The van der Waals surface area contributed by atoms with E-state index in [9.17, 15) is 27.6 Å². The maximum absolute atomic E-state index is 15.9. The van der Waals surface area contributed by atoms with Gasteiger partial charge < -0.3 is 28.6 Å². The third-order valence-corrected chi connectivity index (χ3v) is 8.79. The number of carbonyl (C=O) groups is 2. The first-order valence-corrected chi connectivity index (χ1v) is 16.1. The molecule has 1 unspecified atom stereocenters. The highest BCUT2D eigenvalue weighted by Crippen LogP contribution is 2.38. The summed E-state index contributed by atoms with van der Waals surface area (Å²) in [6, 6.07) is 15.9. The summed E-state index contributed by atoms with van der Waals surface area (Å²) in [6.45, 7) is 1.64. The zero-order chi connectivity index (χ0) is 36.4. The van der Waals surface area contributed by atoms with Gasteiger partial charge in [0.05, 0.1) is 48.1 Å². The Labute approximate surface area is 289 Å². The number of anilines is 1. The summed E-state index contributed by atoms with van der Waals surface area (Å²) >= 11 is 0. The summed E-state index contributed by atoms with van der Waals surface area (Å²) in [6.07, 6.45) is -3.63. The van der Waals surface area contributed by atoms with Crippen LogP contribution in [-0.4, -0.2) is 65.9 Å². The van der Waals surface area contributed by atoms with Crippen LogP contribution < -0.4 is 19.8 Å². The number of hydrogen-bond donors (Lipinski definition) is 0. The number of hydrogen-bond acceptors (Lipinski definition) is 8. The van der Waals surface area contributed by atoms with Gasteiger partial charge in [-0.3, -0.25) is 14.6 Å². The van der Waals surface area contributed by atoms with Crippen molar-refractivity contribution in [3.63, 3.8) is 0 Å². The number of esters is 1. The van der Waals surface area contributed by atoms with E-state index in [1.807, 2.05) is 30.3 Å². The normalized spacial score (nSPS) is 14.9. The Balaban J connectivity index is 1.40. The predicted octanol–water partition coefficient (Wildman–Crippen LogP) is 6.33. The van der Waals surface area contributed by atoms with Crippen LogP contribution in [0.2, 0.25) is 0 Å². The predicted molar refractivity (Wildman–Crippen MR) is 182 cm³/mol. The van der Waals surface area contributed by atoms with Crippen LogP contribution in [0, 0.1) is 5.82 Å². The van der Waals surface area contributed by atoms with Gasteiger partial charge in [-0.2, -0.15) is 13.2 Å². The van der Waals surface area contributed by atoms with E-state index in [2.05, 4.69) is 4.98 Å². The van der Waals surface area contributed by atoms with Crippen LogP contribution in [0.5, 0.6) is 11.5 Å². The number of amides is 1. The molecule has 2 aromatic heterocycles. The highest BCUT2D eigenvalue weighted by molar-refractivity contribution is 6.07. The molecule has 3 aromatic carbocycles. The van der Waals surface area contributed by atoms with Crippen LogP contribution in [-0.2, 0) is 23.2 Å². The average molecular weight is 707 g/mol. The molecule has 1 aliphatic heterocycles. The molecular weight excluding hydrogens is 672 g/mol. The largest absolute Gasteiger partial charge is 0.493 e. The first-order chi connectivity index (χ1) is 24.4. The Morgan fingerprint density at radius 3 is 2.49 bits per heavy atom. The molecule has 0 radical (unpaired) electrons. The fourth-order valence-corrected chi connectivity index (χ4v) is 6.36. The first kappa shape index (κ1) is 35.2. The highest BCUT2D eigenvalue weighted by atomic mass is 19.4. The molecule has 0 spiro atoms. The Kier molecular flexibility index (Phi) is 9.86. The van der Waals surface area contributed by atoms with Crippen LogP contribution in [0.15, 0.2) is 77.9 Å². The van der Waals surface area contributed by atoms with E-state index in [1.165, 1.54) is 31.6 Å². The van der Waals surface area contributed by atoms with Crippen molar-refractivity contribution in [3.8, 4) is 11.5 Å². The Morgan fingerprint density at radius 1 is 1.02 bits per heavy atom. The number of methoxy groups -OCH3 is 1. The number of carbonyl (C=O) groups excluding carboxylic acids is 2. The van der Waals surface area contributed by atoms with E-state index in [1.54, 1.807) is 41.6 Å². The average Bonchev–Trinajstić information content (AvgIpc) is 3.11. The molecule has 1 fully saturated rings. The topological polar surface area (TPSA) is 103 Å². The molecule has 1 amide bonds. The molecule has 5 aromatic rings. The van der Waals surface area contributed by atoms with E-state index in [0.29, 0.717) is 22.6 Å². The van der Waals surface area contributed by atoms with Crippen LogP contribution in [0.25, 0.3) is 21.8 Å². The van der Waals surface area contributed by atoms with Crippen LogP contribution in [0.4, 0.5) is 23.2 Å².